The van der Waals surface area contributed by atoms with Crippen LogP contribution < -0.4 is 159 Å². The molecule has 0 spiro atoms. The van der Waals surface area contributed by atoms with Crippen LogP contribution in [-0.2, 0) is 71.3 Å². The Morgan fingerprint density at radius 2 is 0.630 bits per heavy atom. The molecule has 0 saturated heterocycles. The third kappa shape index (κ3) is 205. The van der Waals surface area contributed by atoms with E-state index in [1.807, 2.05) is 0 Å². The molecule has 0 aliphatic carbocycles. The van der Waals surface area contributed by atoms with Gasteiger partial charge in [0.05, 0.1) is 32.1 Å². The van der Waals surface area contributed by atoms with Gasteiger partial charge in [-0.05, 0) is 6.42 Å². The second kappa shape index (κ2) is 86.6. The van der Waals surface area contributed by atoms with Crippen molar-refractivity contribution in [3.63, 3.8) is 0 Å². The van der Waals surface area contributed by atoms with E-state index in [4.69, 9.17) is 68.3 Å². The summed E-state index contributed by atoms with van der Waals surface area (Å²) in [7, 11) is 19.5. The smallest absolute Gasteiger partial charge is 0.870 e. The first-order valence-corrected chi connectivity index (χ1v) is 19.7. The quantitative estimate of drug-likeness (QED) is 0.0785. The molecule has 0 fully saturated rings. The number of hydrogen-bond donors (Lipinski definition) is 6. The topological polar surface area (TPSA) is 475 Å². The van der Waals surface area contributed by atoms with Gasteiger partial charge >= 0.3 is 261 Å². The predicted molar refractivity (Wildman–Crippen MR) is 142 cm³/mol. The Morgan fingerprint density at radius 3 is 0.696 bits per heavy atom. The molecule has 0 aromatic carbocycles. The third-order valence-electron chi connectivity index (χ3n) is 2.09. The molecule has 30 heteroatoms. The molecular weight excluding hydrogens is 1170 g/mol. The van der Waals surface area contributed by atoms with Gasteiger partial charge in [0, 0.05) is 12.4 Å². The molecule has 0 aromatic rings. The van der Waals surface area contributed by atoms with Crippen LogP contribution in [0.2, 0.25) is 0 Å². The molecule has 21 nitrogen and oxygen atoms in total. The number of rotatable bonds is 12. The van der Waals surface area contributed by atoms with Crippen LogP contribution in [0.15, 0.2) is 0 Å². The van der Waals surface area contributed by atoms with Gasteiger partial charge in [-0.15, -0.1) is 6.42 Å². The number of aliphatic carboxylic acids is 7. The van der Waals surface area contributed by atoms with Gasteiger partial charge < -0.3 is 80.9 Å². The molecule has 0 radical (unpaired) electrons. The van der Waals surface area contributed by atoms with Crippen LogP contribution in [-0.4, -0.2) is 89.7 Å². The standard InChI is InChI=1S/3C4H6O4.C4H5O3.4ClH.3K.4H2N.2H2O.2Pt/c3*5-3(6)1-2-4(7)8;5-3-1-2-4(6)7;;;;;;;;;;;;;;;/h3*1-2H2,(H,5,6)(H,7,8);1-2H2,(H,6,7);4*1H;;;;6*1H2;;/q;;;-1;;;;;3*+1;4*-1;;;2*+4/p-7. The van der Waals surface area contributed by atoms with E-state index in [1.165, 1.54) is 6.29 Å². The summed E-state index contributed by atoms with van der Waals surface area (Å²) >= 11 is -0.944. The van der Waals surface area contributed by atoms with Gasteiger partial charge in [0.1, 0.15) is 0 Å². The predicted octanol–water partition coefficient (Wildman–Crippen LogP) is -5.29. The summed E-state index contributed by atoms with van der Waals surface area (Å²) in [6.07, 6.45) is -0.595. The van der Waals surface area contributed by atoms with Gasteiger partial charge in [-0.3, -0.25) is 35.1 Å². The first-order valence-electron chi connectivity index (χ1n) is 8.49. The first-order chi connectivity index (χ1) is 17.0. The largest absolute Gasteiger partial charge is 1.00 e. The van der Waals surface area contributed by atoms with E-state index >= 15 is 0 Å². The van der Waals surface area contributed by atoms with Gasteiger partial charge in [0.2, 0.25) is 0 Å². The van der Waals surface area contributed by atoms with Crippen molar-refractivity contribution in [1.29, 1.82) is 0 Å². The molecule has 46 heavy (non-hydrogen) atoms. The van der Waals surface area contributed by atoms with E-state index in [-0.39, 0.29) is 235 Å². The molecule has 0 saturated carbocycles. The zero-order chi connectivity index (χ0) is 30.8. The second-order valence-corrected chi connectivity index (χ2v) is 11.5. The van der Waals surface area contributed by atoms with Crippen molar-refractivity contribution in [1.82, 2.24) is 0 Å². The summed E-state index contributed by atoms with van der Waals surface area (Å²) in [6.45, 7) is 0. The van der Waals surface area contributed by atoms with Crippen LogP contribution in [0.25, 0.3) is 24.6 Å². The fraction of sp³-hybridized carbons (Fsp3) is 0.500. The van der Waals surface area contributed by atoms with Crippen LogP contribution in [0.4, 0.5) is 0 Å². The number of carbonyl (C=O) groups is 7. The Balaban J connectivity index is -0.0000000191. The van der Waals surface area contributed by atoms with Gasteiger partial charge in [-0.1, -0.05) is 0 Å². The minimum atomic E-state index is -1.33. The van der Waals surface area contributed by atoms with Crippen molar-refractivity contribution in [3.05, 3.63) is 24.6 Å². The first kappa shape index (κ1) is 97.7. The molecule has 270 valence electrons. The van der Waals surface area contributed by atoms with E-state index < -0.39 is 81.2 Å². The van der Waals surface area contributed by atoms with Crippen molar-refractivity contribution in [2.24, 2.45) is 0 Å². The van der Waals surface area contributed by atoms with Crippen molar-refractivity contribution < 1.29 is 272 Å². The number of carboxylic acid groups (broad SMARTS) is 7. The molecule has 0 aromatic heterocycles. The van der Waals surface area contributed by atoms with Crippen molar-refractivity contribution in [3.8, 4) is 0 Å². The van der Waals surface area contributed by atoms with Crippen LogP contribution in [0, 0.1) is 0 Å². The number of nitrogens with two attached hydrogens (primary N) is 4. The molecule has 0 aliphatic rings. The fourth-order valence-corrected chi connectivity index (χ4v) is 0.795. The molecule has 0 bridgehead atoms. The van der Waals surface area contributed by atoms with E-state index in [2.05, 4.69) is 0 Å². The number of carbonyl (C=O) groups excluding carboxylic acids is 2. The summed E-state index contributed by atoms with van der Waals surface area (Å²) in [4.78, 5) is 76.6. The maximum atomic E-state index is 9.64. The minimum absolute atomic E-state index is 0. The van der Waals surface area contributed by atoms with Gasteiger partial charge in [-0.2, -0.15) is 0 Å². The number of hydrogen-bond acceptors (Lipinski definition) is 11. The van der Waals surface area contributed by atoms with E-state index in [0.717, 1.165) is 0 Å². The van der Waals surface area contributed by atoms with Crippen LogP contribution in [0.3, 0.4) is 0 Å². The fourth-order valence-electron chi connectivity index (χ4n) is 0.795. The summed E-state index contributed by atoms with van der Waals surface area (Å²) in [5.74, 6) is -7.70. The van der Waals surface area contributed by atoms with Crippen LogP contribution in [0.5, 0.6) is 0 Å². The van der Waals surface area contributed by atoms with E-state index in [0.29, 0.717) is 0 Å². The number of halogens is 4. The third-order valence-corrected chi connectivity index (χ3v) is 2.09. The summed E-state index contributed by atoms with van der Waals surface area (Å²) in [6, 6.07) is 0. The van der Waals surface area contributed by atoms with Gasteiger partial charge in [-0.25, -0.2) is 0 Å². The second-order valence-electron chi connectivity index (χ2n) is 4.97. The Labute approximate surface area is 425 Å². The summed E-state index contributed by atoms with van der Waals surface area (Å²) in [5, 5.41) is 56.9. The zero-order valence-corrected chi connectivity index (χ0v) is 41.3. The maximum Gasteiger partial charge on any atom is 1.00 e. The molecule has 0 rings (SSSR count). The van der Waals surface area contributed by atoms with Gasteiger partial charge in [0.15, 0.2) is 0 Å². The Hall–Kier alpha value is 3.17. The molecule has 0 amide bonds. The normalized spacial score (nSPS) is 6.61. The van der Waals surface area contributed by atoms with Gasteiger partial charge in [0.25, 0.3) is 0 Å². The number of carboxylic acids is 7. The monoisotopic (exact) mass is 1200 g/mol. The van der Waals surface area contributed by atoms with Crippen molar-refractivity contribution >= 4 is 85.7 Å². The maximum absolute atomic E-state index is 9.64. The molecule has 0 unspecified atom stereocenters. The summed E-state index contributed by atoms with van der Waals surface area (Å²) in [5.41, 5.74) is 0. The van der Waals surface area contributed by atoms with E-state index in [9.17, 15) is 43.5 Å². The zero-order valence-electron chi connectivity index (χ0n) is 24.4. The van der Waals surface area contributed by atoms with Crippen LogP contribution >= 0.6 is 37.7 Å². The Bertz CT molecular complexity index is 593. The average Bonchev–Trinajstić information content (AvgIpc) is 2.76. The summed E-state index contributed by atoms with van der Waals surface area (Å²) < 4.78 is 0. The Morgan fingerprint density at radius 1 is 0.478 bits per heavy atom. The molecular formula is C16H32Cl4K3N4O17Pt2-. The average molecular weight is 1200 g/mol. The molecule has 0 atom stereocenters. The van der Waals surface area contributed by atoms with Crippen molar-refractivity contribution in [2.45, 2.75) is 51.4 Å². The minimum Gasteiger partial charge on any atom is -0.870 e. The van der Waals surface area contributed by atoms with E-state index in [1.54, 1.807) is 0 Å². The molecule has 16 N–H and O–H groups in total. The molecule has 0 heterocycles. The molecule has 0 aliphatic heterocycles. The SMILES string of the molecule is O=C(O)CCC(=O)O.O=C(O)CCC(=O)O.O=C([O-])CCC(=O)O.O=[C-]CCC(=O)O.[Cl][Pt+2][Cl].[Cl][Pt+2][Cl].[K+].[K+].[K+].[NH2-].[NH2-].[NH2-].[NH2-].[OH-].[OH-]. The Kier molecular flexibility index (Phi) is 184. The van der Waals surface area contributed by atoms with Crippen LogP contribution in [0.1, 0.15) is 51.4 Å². The van der Waals surface area contributed by atoms with Crippen molar-refractivity contribution in [2.75, 3.05) is 0 Å².